The second kappa shape index (κ2) is 8.58. The largest absolute Gasteiger partial charge is 0.479 e. The molecule has 0 aromatic rings. The summed E-state index contributed by atoms with van der Waals surface area (Å²) in [5.74, 6) is -5.06. The first-order valence-electron chi connectivity index (χ1n) is 8.99. The van der Waals surface area contributed by atoms with Gasteiger partial charge in [0.15, 0.2) is 18.7 Å². The molecule has 30 heavy (non-hydrogen) atoms. The van der Waals surface area contributed by atoms with E-state index in [1.165, 1.54) is 0 Å². The molecule has 11 atom stereocenters. The van der Waals surface area contributed by atoms with Gasteiger partial charge in [-0.2, -0.15) is 0 Å². The Labute approximate surface area is 169 Å². The van der Waals surface area contributed by atoms with E-state index >= 15 is 0 Å². The van der Waals surface area contributed by atoms with Crippen LogP contribution in [0.5, 0.6) is 0 Å². The summed E-state index contributed by atoms with van der Waals surface area (Å²) >= 11 is 0. The molecule has 3 rings (SSSR count). The Bertz CT molecular complexity index is 656. The van der Waals surface area contributed by atoms with E-state index in [1.54, 1.807) is 0 Å². The van der Waals surface area contributed by atoms with Gasteiger partial charge in [-0.05, 0) is 0 Å². The van der Waals surface area contributed by atoms with E-state index < -0.39 is 79.1 Å². The summed E-state index contributed by atoms with van der Waals surface area (Å²) in [4.78, 5) is 22.8. The van der Waals surface area contributed by atoms with E-state index in [9.17, 15) is 40.2 Å². The number of carbonyl (C=O) groups is 2. The lowest BCUT2D eigenvalue weighted by atomic mass is 9.96. The molecule has 0 amide bonds. The standard InChI is InChI=1S/C16H24O14/c1-16(15(23)24)26-3-4-9(30-16)5(17)8(20)14(27-4)28-10-6(18)7(19)13(25-2)29-11(10)12(21)22/h4-11,13-14,17-20H,3H2,1-2H3,(H,21,22)(H,23,24)/t4?,5-,6-,7?,8?,9+,10-,11?,13-,14+,16?/m1/s1. The van der Waals surface area contributed by atoms with Gasteiger partial charge in [0.2, 0.25) is 0 Å². The van der Waals surface area contributed by atoms with Crippen LogP contribution in [0, 0.1) is 0 Å². The van der Waals surface area contributed by atoms with Crippen LogP contribution in [-0.2, 0) is 38.0 Å². The number of hydrogen-bond acceptors (Lipinski definition) is 12. The molecule has 0 saturated carbocycles. The number of aliphatic hydroxyl groups excluding tert-OH is 4. The molecule has 0 aromatic carbocycles. The minimum Gasteiger partial charge on any atom is -0.479 e. The maximum Gasteiger partial charge on any atom is 0.364 e. The molecule has 172 valence electrons. The van der Waals surface area contributed by atoms with Crippen LogP contribution in [0.2, 0.25) is 0 Å². The van der Waals surface area contributed by atoms with Gasteiger partial charge >= 0.3 is 11.9 Å². The third-order valence-corrected chi connectivity index (χ3v) is 5.22. The van der Waals surface area contributed by atoms with Crippen LogP contribution in [0.25, 0.3) is 0 Å². The summed E-state index contributed by atoms with van der Waals surface area (Å²) in [6.45, 7) is 0.769. The molecule has 3 fully saturated rings. The zero-order valence-electron chi connectivity index (χ0n) is 15.9. The van der Waals surface area contributed by atoms with E-state index in [4.69, 9.17) is 28.4 Å². The quantitative estimate of drug-likeness (QED) is 0.242. The van der Waals surface area contributed by atoms with Gasteiger partial charge in [0, 0.05) is 14.0 Å². The molecule has 0 radical (unpaired) electrons. The first-order valence-corrected chi connectivity index (χ1v) is 8.99. The number of ether oxygens (including phenoxy) is 6. The Balaban J connectivity index is 1.76. The van der Waals surface area contributed by atoms with Crippen molar-refractivity contribution in [3.05, 3.63) is 0 Å². The van der Waals surface area contributed by atoms with Gasteiger partial charge in [0.05, 0.1) is 6.61 Å². The predicted octanol–water partition coefficient (Wildman–Crippen LogP) is -3.79. The van der Waals surface area contributed by atoms with Crippen LogP contribution in [0.3, 0.4) is 0 Å². The van der Waals surface area contributed by atoms with E-state index in [0.717, 1.165) is 14.0 Å². The van der Waals surface area contributed by atoms with Crippen LogP contribution < -0.4 is 0 Å². The van der Waals surface area contributed by atoms with Gasteiger partial charge in [-0.15, -0.1) is 0 Å². The third-order valence-electron chi connectivity index (χ3n) is 5.22. The Morgan fingerprint density at radius 1 is 0.967 bits per heavy atom. The monoisotopic (exact) mass is 440 g/mol. The van der Waals surface area contributed by atoms with Crippen molar-refractivity contribution in [1.82, 2.24) is 0 Å². The highest BCUT2D eigenvalue weighted by Gasteiger charge is 2.56. The van der Waals surface area contributed by atoms with Gasteiger partial charge in [-0.1, -0.05) is 0 Å². The Hall–Kier alpha value is -1.46. The van der Waals surface area contributed by atoms with Crippen LogP contribution in [0.4, 0.5) is 0 Å². The topological polar surface area (TPSA) is 211 Å². The summed E-state index contributed by atoms with van der Waals surface area (Å²) in [5, 5.41) is 59.6. The van der Waals surface area contributed by atoms with Crippen molar-refractivity contribution in [2.75, 3.05) is 13.7 Å². The molecule has 14 heteroatoms. The van der Waals surface area contributed by atoms with Gasteiger partial charge < -0.3 is 59.1 Å². The molecule has 0 bridgehead atoms. The van der Waals surface area contributed by atoms with Gasteiger partial charge in [-0.3, -0.25) is 0 Å². The molecular formula is C16H24O14. The van der Waals surface area contributed by atoms with Crippen molar-refractivity contribution >= 4 is 11.9 Å². The van der Waals surface area contributed by atoms with Crippen molar-refractivity contribution in [2.45, 2.75) is 74.1 Å². The van der Waals surface area contributed by atoms with Gasteiger partial charge in [0.25, 0.3) is 5.79 Å². The van der Waals surface area contributed by atoms with Gasteiger partial charge in [0.1, 0.15) is 42.7 Å². The maximum absolute atomic E-state index is 11.5. The average Bonchev–Trinajstić information content (AvgIpc) is 2.69. The minimum atomic E-state index is -2.07. The molecule has 3 aliphatic rings. The van der Waals surface area contributed by atoms with E-state index in [0.29, 0.717) is 0 Å². The van der Waals surface area contributed by atoms with Crippen molar-refractivity contribution in [1.29, 1.82) is 0 Å². The Kier molecular flexibility index (Phi) is 6.64. The van der Waals surface area contributed by atoms with E-state index in [-0.39, 0.29) is 6.61 Å². The Morgan fingerprint density at radius 3 is 2.17 bits per heavy atom. The molecule has 5 unspecified atom stereocenters. The highest BCUT2D eigenvalue weighted by molar-refractivity contribution is 5.75. The first-order chi connectivity index (χ1) is 14.0. The molecule has 0 aromatic heterocycles. The van der Waals surface area contributed by atoms with Crippen LogP contribution >= 0.6 is 0 Å². The predicted molar refractivity (Wildman–Crippen MR) is 87.7 cm³/mol. The minimum absolute atomic E-state index is 0.350. The zero-order chi connectivity index (χ0) is 22.4. The normalized spacial score (nSPS) is 49.3. The van der Waals surface area contributed by atoms with Crippen molar-refractivity contribution < 1.29 is 68.6 Å². The lowest BCUT2D eigenvalue weighted by molar-refractivity contribution is -0.393. The van der Waals surface area contributed by atoms with Crippen LogP contribution in [0.15, 0.2) is 0 Å². The number of carboxylic acids is 2. The lowest BCUT2D eigenvalue weighted by Gasteiger charge is -2.49. The fourth-order valence-electron chi connectivity index (χ4n) is 3.48. The lowest BCUT2D eigenvalue weighted by Crippen LogP contribution is -2.68. The molecule has 3 saturated heterocycles. The number of methoxy groups -OCH3 is 1. The molecule has 3 heterocycles. The van der Waals surface area contributed by atoms with E-state index in [2.05, 4.69) is 0 Å². The molecule has 14 nitrogen and oxygen atoms in total. The fraction of sp³-hybridized carbons (Fsp3) is 0.875. The number of carboxylic acid groups (broad SMARTS) is 2. The number of aliphatic carboxylic acids is 2. The number of rotatable bonds is 5. The highest BCUT2D eigenvalue weighted by Crippen LogP contribution is 2.35. The van der Waals surface area contributed by atoms with E-state index in [1.807, 2.05) is 0 Å². The van der Waals surface area contributed by atoms with Crippen molar-refractivity contribution in [2.24, 2.45) is 0 Å². The maximum atomic E-state index is 11.5. The average molecular weight is 440 g/mol. The second-order valence-electron chi connectivity index (χ2n) is 7.25. The first kappa shape index (κ1) is 23.2. The molecule has 3 aliphatic heterocycles. The molecule has 0 aliphatic carbocycles. The van der Waals surface area contributed by atoms with Crippen molar-refractivity contribution in [3.63, 3.8) is 0 Å². The second-order valence-corrected chi connectivity index (χ2v) is 7.25. The van der Waals surface area contributed by atoms with Crippen LogP contribution in [0.1, 0.15) is 6.92 Å². The number of aliphatic hydroxyl groups is 4. The fourth-order valence-corrected chi connectivity index (χ4v) is 3.48. The SMILES string of the molecule is CO[C@@H]1OC(C(=O)O)[C@H](O[C@@H]2OC3COC(C)(C(=O)O)O[C@@H]3[C@H](O)C2O)[C@H](O)C1O. The van der Waals surface area contributed by atoms with Gasteiger partial charge in [-0.25, -0.2) is 9.59 Å². The summed E-state index contributed by atoms with van der Waals surface area (Å²) in [6.07, 6.45) is -16.0. The third kappa shape index (κ3) is 4.03. The summed E-state index contributed by atoms with van der Waals surface area (Å²) < 4.78 is 31.1. The summed E-state index contributed by atoms with van der Waals surface area (Å²) in [7, 11) is 1.14. The highest BCUT2D eigenvalue weighted by atomic mass is 16.8. The summed E-state index contributed by atoms with van der Waals surface area (Å²) in [6, 6.07) is 0. The number of fused-ring (bicyclic) bond motifs is 1. The Morgan fingerprint density at radius 2 is 1.60 bits per heavy atom. The zero-order valence-corrected chi connectivity index (χ0v) is 15.9. The molecular weight excluding hydrogens is 416 g/mol. The molecule has 6 N–H and O–H groups in total. The molecule has 0 spiro atoms. The summed E-state index contributed by atoms with van der Waals surface area (Å²) in [5.41, 5.74) is 0. The number of hydrogen-bond donors (Lipinski definition) is 6. The van der Waals surface area contributed by atoms with Crippen molar-refractivity contribution in [3.8, 4) is 0 Å². The smallest absolute Gasteiger partial charge is 0.364 e. The van der Waals surface area contributed by atoms with Crippen LogP contribution in [-0.4, -0.2) is 123 Å².